The largest absolute Gasteiger partial charge is 0.392 e. The number of hydrogen-bond acceptors (Lipinski definition) is 4. The second-order valence-corrected chi connectivity index (χ2v) is 4.05. The van der Waals surface area contributed by atoms with E-state index < -0.39 is 5.97 Å². The summed E-state index contributed by atoms with van der Waals surface area (Å²) in [6.45, 7) is 1.62. The molecule has 1 N–H and O–H groups in total. The molecule has 0 saturated heterocycles. The molecule has 0 aliphatic rings. The van der Waals surface area contributed by atoms with Crippen LogP contribution in [0.5, 0.6) is 5.75 Å². The molecule has 0 fully saturated rings. The van der Waals surface area contributed by atoms with Gasteiger partial charge in [0.2, 0.25) is 0 Å². The maximum atomic E-state index is 11.1. The van der Waals surface area contributed by atoms with E-state index in [-0.39, 0.29) is 28.8 Å². The molecule has 0 aliphatic carbocycles. The molecule has 0 saturated carbocycles. The molecule has 1 aromatic rings. The van der Waals surface area contributed by atoms with Crippen molar-refractivity contribution in [3.63, 3.8) is 0 Å². The number of halogens is 2. The molecule has 17 heavy (non-hydrogen) atoms. The predicted octanol–water partition coefficient (Wildman–Crippen LogP) is 3.12. The third-order valence-electron chi connectivity index (χ3n) is 1.98. The molecule has 0 aliphatic heterocycles. The molecule has 4 nitrogen and oxygen atoms in total. The van der Waals surface area contributed by atoms with E-state index in [1.165, 1.54) is 12.1 Å². The maximum Gasteiger partial charge on any atom is 0.355 e. The summed E-state index contributed by atoms with van der Waals surface area (Å²) in [7, 11) is 0. The molecule has 0 heterocycles. The van der Waals surface area contributed by atoms with Crippen LogP contribution in [0.3, 0.4) is 0 Å². The monoisotopic (exact) mass is 278 g/mol. The van der Waals surface area contributed by atoms with Crippen molar-refractivity contribution in [3.8, 4) is 5.75 Å². The fourth-order valence-electron chi connectivity index (χ4n) is 1.10. The molecular weight excluding hydrogens is 267 g/mol. The topological polar surface area (TPSA) is 55.8 Å². The van der Waals surface area contributed by atoms with Crippen molar-refractivity contribution < 1.29 is 19.7 Å². The lowest BCUT2D eigenvalue weighted by Crippen LogP contribution is -2.07. The van der Waals surface area contributed by atoms with Crippen molar-refractivity contribution in [2.45, 2.75) is 26.4 Å². The van der Waals surface area contributed by atoms with Gasteiger partial charge < -0.3 is 5.11 Å². The minimum atomic E-state index is -0.481. The first-order valence-electron chi connectivity index (χ1n) is 5.05. The predicted molar refractivity (Wildman–Crippen MR) is 64.0 cm³/mol. The zero-order valence-electron chi connectivity index (χ0n) is 9.20. The van der Waals surface area contributed by atoms with Gasteiger partial charge in [0.15, 0.2) is 5.75 Å². The van der Waals surface area contributed by atoms with Gasteiger partial charge in [-0.3, -0.25) is 9.78 Å². The van der Waals surface area contributed by atoms with Gasteiger partial charge in [-0.2, -0.15) is 0 Å². The highest BCUT2D eigenvalue weighted by Crippen LogP contribution is 2.34. The molecule has 0 atom stereocenters. The van der Waals surface area contributed by atoms with Gasteiger partial charge in [-0.15, -0.1) is 0 Å². The zero-order valence-corrected chi connectivity index (χ0v) is 10.7. The van der Waals surface area contributed by atoms with E-state index in [0.29, 0.717) is 12.0 Å². The summed E-state index contributed by atoms with van der Waals surface area (Å²) in [5.74, 6) is -0.343. The van der Waals surface area contributed by atoms with Gasteiger partial charge in [0.25, 0.3) is 0 Å². The Morgan fingerprint density at radius 2 is 2.06 bits per heavy atom. The number of hydrogen-bond donors (Lipinski definition) is 1. The van der Waals surface area contributed by atoms with Crippen LogP contribution >= 0.6 is 23.2 Å². The van der Waals surface area contributed by atoms with Crippen LogP contribution < -0.4 is 4.89 Å². The van der Waals surface area contributed by atoms with Gasteiger partial charge in [-0.25, -0.2) is 4.79 Å². The Labute approximate surface area is 109 Å². The van der Waals surface area contributed by atoms with E-state index in [1.54, 1.807) is 0 Å². The van der Waals surface area contributed by atoms with Crippen LogP contribution in [0.25, 0.3) is 0 Å². The Bertz CT molecular complexity index is 407. The van der Waals surface area contributed by atoms with Crippen LogP contribution in [0.15, 0.2) is 12.1 Å². The summed E-state index contributed by atoms with van der Waals surface area (Å²) in [5, 5.41) is 9.23. The summed E-state index contributed by atoms with van der Waals surface area (Å²) in [6, 6.07) is 3.01. The number of rotatable bonds is 5. The summed E-state index contributed by atoms with van der Waals surface area (Å²) >= 11 is 11.7. The summed E-state index contributed by atoms with van der Waals surface area (Å²) < 4.78 is 0. The van der Waals surface area contributed by atoms with Crippen LogP contribution in [0.4, 0.5) is 0 Å². The minimum Gasteiger partial charge on any atom is -0.392 e. The molecule has 0 spiro atoms. The standard InChI is InChI=1S/C11H12Cl2O4/c1-2-3-9(15)17-16-8-5-4-7(6-14)10(12)11(8)13/h4-5,14H,2-3,6H2,1H3. The Hall–Kier alpha value is -0.970. The van der Waals surface area contributed by atoms with Crippen LogP contribution in [0.2, 0.25) is 10.0 Å². The van der Waals surface area contributed by atoms with E-state index in [0.717, 1.165) is 0 Å². The first-order chi connectivity index (χ1) is 8.10. The van der Waals surface area contributed by atoms with Crippen molar-refractivity contribution in [1.29, 1.82) is 0 Å². The average Bonchev–Trinajstić information content (AvgIpc) is 2.31. The van der Waals surface area contributed by atoms with E-state index in [1.807, 2.05) is 6.92 Å². The van der Waals surface area contributed by atoms with Crippen LogP contribution in [0, 0.1) is 0 Å². The quantitative estimate of drug-likeness (QED) is 0.664. The smallest absolute Gasteiger partial charge is 0.355 e. The molecule has 1 aromatic carbocycles. The third kappa shape index (κ3) is 3.77. The normalized spacial score (nSPS) is 10.1. The van der Waals surface area contributed by atoms with Gasteiger partial charge in [0.1, 0.15) is 5.02 Å². The van der Waals surface area contributed by atoms with Gasteiger partial charge in [-0.1, -0.05) is 36.2 Å². The van der Waals surface area contributed by atoms with E-state index in [9.17, 15) is 4.79 Å². The molecule has 94 valence electrons. The van der Waals surface area contributed by atoms with Crippen LogP contribution in [0.1, 0.15) is 25.3 Å². The van der Waals surface area contributed by atoms with Crippen molar-refractivity contribution in [1.82, 2.24) is 0 Å². The number of aliphatic hydroxyl groups excluding tert-OH is 1. The summed E-state index contributed by atoms with van der Waals surface area (Å²) in [6.07, 6.45) is 0.931. The van der Waals surface area contributed by atoms with Crippen molar-refractivity contribution in [2.24, 2.45) is 0 Å². The van der Waals surface area contributed by atoms with Crippen LogP contribution in [-0.4, -0.2) is 11.1 Å². The molecule has 1 rings (SSSR count). The highest BCUT2D eigenvalue weighted by atomic mass is 35.5. The lowest BCUT2D eigenvalue weighted by atomic mass is 10.2. The van der Waals surface area contributed by atoms with Gasteiger partial charge in [0, 0.05) is 6.42 Å². The average molecular weight is 279 g/mol. The fourth-order valence-corrected chi connectivity index (χ4v) is 1.53. The molecule has 0 aromatic heterocycles. The Morgan fingerprint density at radius 3 is 2.65 bits per heavy atom. The lowest BCUT2D eigenvalue weighted by molar-refractivity contribution is -0.213. The molecule has 6 heteroatoms. The van der Waals surface area contributed by atoms with E-state index in [2.05, 4.69) is 4.89 Å². The molecule has 0 unspecified atom stereocenters. The van der Waals surface area contributed by atoms with Gasteiger partial charge >= 0.3 is 5.97 Å². The number of aliphatic hydroxyl groups is 1. The van der Waals surface area contributed by atoms with Crippen molar-refractivity contribution >= 4 is 29.2 Å². The second kappa shape index (κ2) is 6.69. The minimum absolute atomic E-state index is 0.0996. The third-order valence-corrected chi connectivity index (χ3v) is 2.88. The van der Waals surface area contributed by atoms with Crippen molar-refractivity contribution in [3.05, 3.63) is 27.7 Å². The SMILES string of the molecule is CCCC(=O)OOc1ccc(CO)c(Cl)c1Cl. The van der Waals surface area contributed by atoms with Crippen LogP contribution in [-0.2, 0) is 16.3 Å². The Morgan fingerprint density at radius 1 is 1.35 bits per heavy atom. The molecule has 0 radical (unpaired) electrons. The van der Waals surface area contributed by atoms with Crippen molar-refractivity contribution in [2.75, 3.05) is 0 Å². The molecule has 0 bridgehead atoms. The first-order valence-corrected chi connectivity index (χ1v) is 5.80. The van der Waals surface area contributed by atoms with E-state index in [4.69, 9.17) is 33.2 Å². The van der Waals surface area contributed by atoms with Gasteiger partial charge in [0.05, 0.1) is 11.6 Å². The zero-order chi connectivity index (χ0) is 12.8. The van der Waals surface area contributed by atoms with Gasteiger partial charge in [-0.05, 0) is 18.1 Å². The molecular formula is C11H12Cl2O4. The number of carbonyl (C=O) groups is 1. The number of carbonyl (C=O) groups excluding carboxylic acids is 1. The lowest BCUT2D eigenvalue weighted by Gasteiger charge is -2.08. The maximum absolute atomic E-state index is 11.1. The summed E-state index contributed by atoms with van der Waals surface area (Å²) in [4.78, 5) is 20.4. The Kier molecular flexibility index (Phi) is 5.55. The number of benzene rings is 1. The summed E-state index contributed by atoms with van der Waals surface area (Å²) in [5.41, 5.74) is 0.476. The van der Waals surface area contributed by atoms with E-state index >= 15 is 0 Å². The Balaban J connectivity index is 2.73. The highest BCUT2D eigenvalue weighted by molar-refractivity contribution is 6.43. The molecule has 0 amide bonds. The fraction of sp³-hybridized carbons (Fsp3) is 0.364. The first kappa shape index (κ1) is 14.1. The highest BCUT2D eigenvalue weighted by Gasteiger charge is 2.13. The second-order valence-electron chi connectivity index (χ2n) is 3.30.